The number of aromatic amines is 1. The fraction of sp³-hybridized carbons (Fsp3) is 0.227. The zero-order valence-electron chi connectivity index (χ0n) is 16.0. The number of aromatic nitrogens is 2. The van der Waals surface area contributed by atoms with Gasteiger partial charge in [-0.1, -0.05) is 30.3 Å². The zero-order chi connectivity index (χ0) is 20.2. The minimum atomic E-state index is -0.506. The third kappa shape index (κ3) is 4.13. The number of likely N-dealkylation sites (tertiary alicyclic amines) is 1. The number of primary amides is 1. The van der Waals surface area contributed by atoms with E-state index in [0.717, 1.165) is 42.4 Å². The second-order valence-electron chi connectivity index (χ2n) is 7.13. The van der Waals surface area contributed by atoms with Gasteiger partial charge in [0, 0.05) is 35.8 Å². The minimum Gasteiger partial charge on any atom is -0.366 e. The van der Waals surface area contributed by atoms with Crippen LogP contribution in [0.25, 0.3) is 22.7 Å². The third-order valence-electron chi connectivity index (χ3n) is 5.11. The van der Waals surface area contributed by atoms with Gasteiger partial charge in [-0.2, -0.15) is 0 Å². The van der Waals surface area contributed by atoms with E-state index in [1.165, 1.54) is 6.42 Å². The quantitative estimate of drug-likeness (QED) is 0.594. The van der Waals surface area contributed by atoms with Crippen LogP contribution < -0.4 is 11.1 Å². The van der Waals surface area contributed by atoms with Crippen LogP contribution in [-0.2, 0) is 4.79 Å². The smallest absolute Gasteiger partial charge is 0.321 e. The standard InChI is InChI=1S/C22H23N5O2/c23-20(28)18(15-7-3-1-4-8-15)11-16-13-24-21-19(16)12-17(14-25-21)26-22(29)27-9-5-2-6-10-27/h1,3-4,7-8,11-14H,2,5-6,9-10H2,(H2,23,28)(H,24,25)(H,26,29)/b18-11-. The van der Waals surface area contributed by atoms with Crippen molar-refractivity contribution in [2.75, 3.05) is 18.4 Å². The van der Waals surface area contributed by atoms with Crippen LogP contribution >= 0.6 is 0 Å². The lowest BCUT2D eigenvalue weighted by Crippen LogP contribution is -2.38. The van der Waals surface area contributed by atoms with Crippen molar-refractivity contribution in [1.29, 1.82) is 0 Å². The van der Waals surface area contributed by atoms with Gasteiger partial charge in [-0.05, 0) is 37.0 Å². The molecule has 2 aromatic heterocycles. The Labute approximate surface area is 168 Å². The highest BCUT2D eigenvalue weighted by Crippen LogP contribution is 2.25. The number of urea groups is 1. The van der Waals surface area contributed by atoms with Crippen LogP contribution in [0.3, 0.4) is 0 Å². The molecule has 1 aromatic carbocycles. The molecule has 1 aliphatic rings. The van der Waals surface area contributed by atoms with E-state index in [1.54, 1.807) is 18.5 Å². The van der Waals surface area contributed by atoms with Gasteiger partial charge in [0.1, 0.15) is 5.65 Å². The van der Waals surface area contributed by atoms with Crippen LogP contribution in [0.5, 0.6) is 0 Å². The first-order valence-corrected chi connectivity index (χ1v) is 9.72. The number of hydrogen-bond acceptors (Lipinski definition) is 3. The summed E-state index contributed by atoms with van der Waals surface area (Å²) in [7, 11) is 0. The van der Waals surface area contributed by atoms with E-state index in [0.29, 0.717) is 16.9 Å². The number of fused-ring (bicyclic) bond motifs is 1. The van der Waals surface area contributed by atoms with Crippen molar-refractivity contribution in [2.45, 2.75) is 19.3 Å². The highest BCUT2D eigenvalue weighted by atomic mass is 16.2. The van der Waals surface area contributed by atoms with Gasteiger partial charge in [-0.15, -0.1) is 0 Å². The SMILES string of the molecule is NC(=O)/C(=C\c1c[nH]c2ncc(NC(=O)N3CCCCC3)cc12)c1ccccc1. The number of piperidine rings is 1. The predicted octanol–water partition coefficient (Wildman–Crippen LogP) is 3.61. The van der Waals surface area contributed by atoms with Gasteiger partial charge in [0.05, 0.1) is 11.9 Å². The molecule has 7 nitrogen and oxygen atoms in total. The fourth-order valence-corrected chi connectivity index (χ4v) is 3.58. The second kappa shape index (κ2) is 8.18. The number of anilines is 1. The maximum Gasteiger partial charge on any atom is 0.321 e. The average Bonchev–Trinajstić information content (AvgIpc) is 3.15. The lowest BCUT2D eigenvalue weighted by atomic mass is 10.0. The van der Waals surface area contributed by atoms with Crippen LogP contribution in [-0.4, -0.2) is 39.9 Å². The molecule has 148 valence electrons. The summed E-state index contributed by atoms with van der Waals surface area (Å²) in [5.41, 5.74) is 8.83. The van der Waals surface area contributed by atoms with Gasteiger partial charge in [-0.25, -0.2) is 9.78 Å². The molecule has 1 saturated heterocycles. The number of nitrogens with zero attached hydrogens (tertiary/aromatic N) is 2. The van der Waals surface area contributed by atoms with Crippen LogP contribution in [0.4, 0.5) is 10.5 Å². The van der Waals surface area contributed by atoms with Gasteiger partial charge in [-0.3, -0.25) is 4.79 Å². The number of carbonyl (C=O) groups is 2. The number of rotatable bonds is 4. The van der Waals surface area contributed by atoms with E-state index in [4.69, 9.17) is 5.73 Å². The van der Waals surface area contributed by atoms with E-state index in [1.807, 2.05) is 41.3 Å². The van der Waals surface area contributed by atoms with Gasteiger partial charge < -0.3 is 20.9 Å². The van der Waals surface area contributed by atoms with Crippen molar-refractivity contribution >= 4 is 40.3 Å². The number of H-pyrrole nitrogens is 1. The number of pyridine rings is 1. The Kier molecular flexibility index (Phi) is 5.29. The molecule has 7 heteroatoms. The first-order valence-electron chi connectivity index (χ1n) is 9.72. The van der Waals surface area contributed by atoms with Crippen molar-refractivity contribution < 1.29 is 9.59 Å². The number of hydrogen-bond donors (Lipinski definition) is 3. The highest BCUT2D eigenvalue weighted by molar-refractivity contribution is 6.24. The summed E-state index contributed by atoms with van der Waals surface area (Å²) in [6.07, 6.45) is 8.38. The zero-order valence-corrected chi connectivity index (χ0v) is 16.0. The Balaban J connectivity index is 1.64. The third-order valence-corrected chi connectivity index (χ3v) is 5.11. The summed E-state index contributed by atoms with van der Waals surface area (Å²) in [5.74, 6) is -0.506. The largest absolute Gasteiger partial charge is 0.366 e. The molecule has 0 bridgehead atoms. The Hall–Kier alpha value is -3.61. The molecule has 0 radical (unpaired) electrons. The molecule has 3 aromatic rings. The molecule has 3 heterocycles. The molecule has 4 rings (SSSR count). The first-order chi connectivity index (χ1) is 14.1. The maximum atomic E-state index is 12.5. The summed E-state index contributed by atoms with van der Waals surface area (Å²) in [5, 5.41) is 3.73. The van der Waals surface area contributed by atoms with E-state index < -0.39 is 5.91 Å². The number of carbonyl (C=O) groups excluding carboxylic acids is 2. The molecule has 29 heavy (non-hydrogen) atoms. The van der Waals surface area contributed by atoms with E-state index >= 15 is 0 Å². The summed E-state index contributed by atoms with van der Waals surface area (Å²) in [4.78, 5) is 33.8. The molecule has 3 amide bonds. The van der Waals surface area contributed by atoms with Crippen molar-refractivity contribution in [3.63, 3.8) is 0 Å². The second-order valence-corrected chi connectivity index (χ2v) is 7.13. The topological polar surface area (TPSA) is 104 Å². The maximum absolute atomic E-state index is 12.5. The van der Waals surface area contributed by atoms with Crippen LogP contribution in [0.2, 0.25) is 0 Å². The molecule has 4 N–H and O–H groups in total. The molecule has 0 spiro atoms. The van der Waals surface area contributed by atoms with E-state index in [2.05, 4.69) is 15.3 Å². The number of benzene rings is 1. The van der Waals surface area contributed by atoms with Gasteiger partial charge in [0.15, 0.2) is 0 Å². The molecule has 0 aliphatic carbocycles. The van der Waals surface area contributed by atoms with Crippen molar-refractivity contribution in [3.05, 3.63) is 59.9 Å². The Morgan fingerprint density at radius 2 is 1.90 bits per heavy atom. The van der Waals surface area contributed by atoms with Crippen molar-refractivity contribution in [1.82, 2.24) is 14.9 Å². The van der Waals surface area contributed by atoms with Crippen LogP contribution in [0, 0.1) is 0 Å². The molecule has 0 unspecified atom stereocenters. The summed E-state index contributed by atoms with van der Waals surface area (Å²) in [6.45, 7) is 1.55. The molecular weight excluding hydrogens is 366 g/mol. The Bertz CT molecular complexity index is 1070. The summed E-state index contributed by atoms with van der Waals surface area (Å²) >= 11 is 0. The predicted molar refractivity (Wildman–Crippen MR) is 114 cm³/mol. The number of amides is 3. The van der Waals surface area contributed by atoms with Crippen molar-refractivity contribution in [3.8, 4) is 0 Å². The molecule has 1 fully saturated rings. The van der Waals surface area contributed by atoms with E-state index in [9.17, 15) is 9.59 Å². The average molecular weight is 389 g/mol. The monoisotopic (exact) mass is 389 g/mol. The summed E-state index contributed by atoms with van der Waals surface area (Å²) in [6, 6.07) is 11.0. The number of nitrogens with one attached hydrogen (secondary N) is 2. The highest BCUT2D eigenvalue weighted by Gasteiger charge is 2.17. The van der Waals surface area contributed by atoms with Crippen LogP contribution in [0.15, 0.2) is 48.8 Å². The molecule has 0 saturated carbocycles. The van der Waals surface area contributed by atoms with E-state index in [-0.39, 0.29) is 6.03 Å². The van der Waals surface area contributed by atoms with Gasteiger partial charge >= 0.3 is 6.03 Å². The lowest BCUT2D eigenvalue weighted by Gasteiger charge is -2.26. The summed E-state index contributed by atoms with van der Waals surface area (Å²) < 4.78 is 0. The molecular formula is C22H23N5O2. The van der Waals surface area contributed by atoms with Gasteiger partial charge in [0.25, 0.3) is 0 Å². The van der Waals surface area contributed by atoms with Crippen molar-refractivity contribution in [2.24, 2.45) is 5.73 Å². The van der Waals surface area contributed by atoms with Crippen LogP contribution in [0.1, 0.15) is 30.4 Å². The fourth-order valence-electron chi connectivity index (χ4n) is 3.58. The molecule has 1 aliphatic heterocycles. The Morgan fingerprint density at radius 3 is 2.62 bits per heavy atom. The lowest BCUT2D eigenvalue weighted by molar-refractivity contribution is -0.112. The molecule has 0 atom stereocenters. The first kappa shape index (κ1) is 18.7. The van der Waals surface area contributed by atoms with Gasteiger partial charge in [0.2, 0.25) is 5.91 Å². The minimum absolute atomic E-state index is 0.111. The Morgan fingerprint density at radius 1 is 1.14 bits per heavy atom. The normalized spacial score (nSPS) is 14.8. The number of nitrogens with two attached hydrogens (primary N) is 1.